The van der Waals surface area contributed by atoms with E-state index in [-0.39, 0.29) is 17.2 Å². The summed E-state index contributed by atoms with van der Waals surface area (Å²) in [5.41, 5.74) is 3.53. The van der Waals surface area contributed by atoms with Crippen molar-refractivity contribution in [2.75, 3.05) is 20.1 Å². The Hall–Kier alpha value is -2.43. The molecule has 0 aliphatic carbocycles. The second-order valence-corrected chi connectivity index (χ2v) is 7.60. The highest BCUT2D eigenvalue weighted by molar-refractivity contribution is 8.02. The highest BCUT2D eigenvalue weighted by Gasteiger charge is 2.43. The van der Waals surface area contributed by atoms with Crippen molar-refractivity contribution in [3.8, 4) is 0 Å². The molecule has 2 atom stereocenters. The van der Waals surface area contributed by atoms with Gasteiger partial charge in [0.05, 0.1) is 0 Å². The number of carbonyl (C=O) groups excluding carboxylic acids is 1. The molecule has 4 aliphatic rings. The Morgan fingerprint density at radius 1 is 1.44 bits per heavy atom. The summed E-state index contributed by atoms with van der Waals surface area (Å²) in [7, 11) is 1.73. The zero-order valence-corrected chi connectivity index (χ0v) is 15.7. The average molecular weight is 391 g/mol. The zero-order chi connectivity index (χ0) is 19.1. The molecular weight excluding hydrogens is 370 g/mol. The number of nitrogens with zero attached hydrogens (tertiary/aromatic N) is 2. The minimum atomic E-state index is -1.22. The third kappa shape index (κ3) is 3.09. The molecule has 0 aromatic carbocycles. The number of carboxylic acid groups (broad SMARTS) is 1. The highest BCUT2D eigenvalue weighted by Crippen LogP contribution is 2.34. The molecule has 27 heavy (non-hydrogen) atoms. The molecule has 0 aromatic heterocycles. The molecule has 1 fully saturated rings. The molecule has 0 spiro atoms. The SMILES string of the molecule is CNOC1CN(C2=CC(C)=C3C(=O)C(C(=O)O)=CN(C4NC=CS4)C3N2)C1. The van der Waals surface area contributed by atoms with Crippen LogP contribution in [0.15, 0.2) is 46.4 Å². The number of Topliss-reactive ketones (excluding diaryl/α,β-unsaturated/α-hetero) is 1. The van der Waals surface area contributed by atoms with E-state index < -0.39 is 17.9 Å². The molecule has 144 valence electrons. The van der Waals surface area contributed by atoms with Crippen LogP contribution < -0.4 is 16.1 Å². The number of ketones is 1. The number of likely N-dealkylation sites (tertiary alicyclic amines) is 1. The van der Waals surface area contributed by atoms with Gasteiger partial charge in [-0.25, -0.2) is 10.3 Å². The van der Waals surface area contributed by atoms with Crippen LogP contribution in [0.2, 0.25) is 0 Å². The summed E-state index contributed by atoms with van der Waals surface area (Å²) in [5, 5.41) is 18.0. The molecule has 4 aliphatic heterocycles. The van der Waals surface area contributed by atoms with Crippen molar-refractivity contribution in [1.29, 1.82) is 0 Å². The lowest BCUT2D eigenvalue weighted by atomic mass is 9.90. The summed E-state index contributed by atoms with van der Waals surface area (Å²) < 4.78 is 0. The summed E-state index contributed by atoms with van der Waals surface area (Å²) in [6.07, 6.45) is 4.82. The van der Waals surface area contributed by atoms with Gasteiger partial charge >= 0.3 is 5.97 Å². The van der Waals surface area contributed by atoms with Gasteiger partial charge in [-0.1, -0.05) is 11.8 Å². The number of carbonyl (C=O) groups is 2. The number of dihydropyridines is 1. The van der Waals surface area contributed by atoms with Crippen LogP contribution in [0.1, 0.15) is 6.92 Å². The second kappa shape index (κ2) is 6.95. The first-order valence-electron chi connectivity index (χ1n) is 8.59. The van der Waals surface area contributed by atoms with Gasteiger partial charge < -0.3 is 25.5 Å². The van der Waals surface area contributed by atoms with Crippen LogP contribution in [-0.2, 0) is 14.4 Å². The lowest BCUT2D eigenvalue weighted by Crippen LogP contribution is -2.61. The topological polar surface area (TPSA) is 106 Å². The maximum Gasteiger partial charge on any atom is 0.341 e. The Labute approximate surface area is 160 Å². The normalized spacial score (nSPS) is 27.6. The fourth-order valence-electron chi connectivity index (χ4n) is 3.55. The molecule has 1 saturated heterocycles. The van der Waals surface area contributed by atoms with Crippen molar-refractivity contribution >= 4 is 23.5 Å². The molecule has 4 N–H and O–H groups in total. The van der Waals surface area contributed by atoms with Gasteiger partial charge in [0.1, 0.15) is 23.7 Å². The van der Waals surface area contributed by atoms with Crippen molar-refractivity contribution in [2.45, 2.75) is 24.7 Å². The van der Waals surface area contributed by atoms with Crippen LogP contribution >= 0.6 is 11.8 Å². The van der Waals surface area contributed by atoms with E-state index in [1.54, 1.807) is 7.05 Å². The molecule has 10 heteroatoms. The largest absolute Gasteiger partial charge is 0.477 e. The summed E-state index contributed by atoms with van der Waals surface area (Å²) in [6.45, 7) is 3.31. The number of hydroxylamine groups is 1. The Bertz CT molecular complexity index is 791. The number of hydrogen-bond acceptors (Lipinski definition) is 9. The number of aliphatic carboxylic acids is 1. The maximum atomic E-state index is 12.8. The van der Waals surface area contributed by atoms with Crippen molar-refractivity contribution in [2.24, 2.45) is 0 Å². The van der Waals surface area contributed by atoms with Gasteiger partial charge in [-0.05, 0) is 24.0 Å². The van der Waals surface area contributed by atoms with E-state index in [4.69, 9.17) is 4.84 Å². The average Bonchev–Trinajstić information content (AvgIpc) is 3.11. The predicted molar refractivity (Wildman–Crippen MR) is 99.4 cm³/mol. The number of rotatable bonds is 5. The van der Waals surface area contributed by atoms with Crippen LogP contribution in [0.5, 0.6) is 0 Å². The van der Waals surface area contributed by atoms with E-state index in [9.17, 15) is 14.7 Å². The van der Waals surface area contributed by atoms with E-state index >= 15 is 0 Å². The van der Waals surface area contributed by atoms with E-state index in [2.05, 4.69) is 21.0 Å². The molecule has 0 amide bonds. The molecule has 4 heterocycles. The van der Waals surface area contributed by atoms with Crippen LogP contribution in [0.4, 0.5) is 0 Å². The molecular formula is C17H21N5O4S. The van der Waals surface area contributed by atoms with Crippen LogP contribution in [0.25, 0.3) is 0 Å². The van der Waals surface area contributed by atoms with Gasteiger partial charge in [0.25, 0.3) is 0 Å². The minimum Gasteiger partial charge on any atom is -0.477 e. The van der Waals surface area contributed by atoms with Crippen molar-refractivity contribution in [3.63, 3.8) is 0 Å². The Morgan fingerprint density at radius 3 is 2.85 bits per heavy atom. The van der Waals surface area contributed by atoms with Crippen molar-refractivity contribution in [1.82, 2.24) is 25.9 Å². The smallest absolute Gasteiger partial charge is 0.341 e. The first-order valence-corrected chi connectivity index (χ1v) is 9.54. The lowest BCUT2D eigenvalue weighted by molar-refractivity contribution is -0.134. The molecule has 0 saturated carbocycles. The molecule has 9 nitrogen and oxygen atoms in total. The Morgan fingerprint density at radius 2 is 2.22 bits per heavy atom. The summed E-state index contributed by atoms with van der Waals surface area (Å²) in [6, 6.07) is 0. The minimum absolute atomic E-state index is 0.113. The van der Waals surface area contributed by atoms with Crippen molar-refractivity contribution in [3.05, 3.63) is 46.4 Å². The van der Waals surface area contributed by atoms with Gasteiger partial charge in [0.2, 0.25) is 5.78 Å². The predicted octanol–water partition coefficient (Wildman–Crippen LogP) is -0.147. The zero-order valence-electron chi connectivity index (χ0n) is 14.9. The molecule has 0 radical (unpaired) electrons. The second-order valence-electron chi connectivity index (χ2n) is 6.60. The Kier molecular flexibility index (Phi) is 4.62. The molecule has 4 rings (SSSR count). The molecule has 0 bridgehead atoms. The lowest BCUT2D eigenvalue weighted by Gasteiger charge is -2.47. The number of nitrogens with one attached hydrogen (secondary N) is 3. The summed E-state index contributed by atoms with van der Waals surface area (Å²) >= 11 is 1.52. The van der Waals surface area contributed by atoms with E-state index in [1.165, 1.54) is 18.0 Å². The van der Waals surface area contributed by atoms with Gasteiger partial charge in [-0.3, -0.25) is 9.63 Å². The van der Waals surface area contributed by atoms with Crippen LogP contribution in [0.3, 0.4) is 0 Å². The number of carboxylic acids is 1. The molecule has 0 aromatic rings. The van der Waals surface area contributed by atoms with Crippen LogP contribution in [-0.4, -0.2) is 64.6 Å². The van der Waals surface area contributed by atoms with Gasteiger partial charge in [0.15, 0.2) is 5.50 Å². The van der Waals surface area contributed by atoms with Gasteiger partial charge in [-0.15, -0.1) is 0 Å². The number of hydrogen-bond donors (Lipinski definition) is 4. The molecule has 2 unspecified atom stereocenters. The first-order chi connectivity index (χ1) is 13.0. The summed E-state index contributed by atoms with van der Waals surface area (Å²) in [4.78, 5) is 33.7. The van der Waals surface area contributed by atoms with Gasteiger partial charge in [-0.2, -0.15) is 0 Å². The standard InChI is InChI=1S/C17H21N5O4S/c1-9-5-12(21-6-10(7-21)26-18-2)20-15-13(9)14(23)11(16(24)25)8-22(15)17-19-3-4-27-17/h3-5,8,10,15,17-20H,6-7H2,1-2H3,(H,24,25). The van der Waals surface area contributed by atoms with E-state index in [0.29, 0.717) is 5.57 Å². The third-order valence-electron chi connectivity index (χ3n) is 4.89. The Balaban J connectivity index is 1.64. The number of thioether (sulfide) groups is 1. The fraction of sp³-hybridized carbons (Fsp3) is 0.412. The quantitative estimate of drug-likeness (QED) is 0.374. The fourth-order valence-corrected chi connectivity index (χ4v) is 4.34. The number of allylic oxidation sites excluding steroid dienone is 2. The van der Waals surface area contributed by atoms with Crippen LogP contribution in [0, 0.1) is 0 Å². The van der Waals surface area contributed by atoms with Gasteiger partial charge in [0, 0.05) is 38.1 Å². The first kappa shape index (κ1) is 18.0. The van der Waals surface area contributed by atoms with E-state index in [1.807, 2.05) is 29.5 Å². The highest BCUT2D eigenvalue weighted by atomic mass is 32.2. The third-order valence-corrected chi connectivity index (χ3v) is 5.82. The van der Waals surface area contributed by atoms with E-state index in [0.717, 1.165) is 24.5 Å². The maximum absolute atomic E-state index is 12.8. The monoisotopic (exact) mass is 391 g/mol. The number of fused-ring (bicyclic) bond motifs is 1. The van der Waals surface area contributed by atoms with Crippen molar-refractivity contribution < 1.29 is 19.5 Å². The summed E-state index contributed by atoms with van der Waals surface area (Å²) in [5.74, 6) is -0.762.